The molecule has 3 rings (SSSR count). The van der Waals surface area contributed by atoms with Crippen molar-refractivity contribution in [3.63, 3.8) is 0 Å². The average Bonchev–Trinajstić information content (AvgIpc) is 3.30. The number of benzene rings is 2. The first-order valence-corrected chi connectivity index (χ1v) is 12.2. The van der Waals surface area contributed by atoms with Gasteiger partial charge in [-0.3, -0.25) is 4.79 Å². The Morgan fingerprint density at radius 3 is 2.33 bits per heavy atom. The minimum Gasteiger partial charge on any atom is -0.346 e. The lowest BCUT2D eigenvalue weighted by Gasteiger charge is -2.25. The predicted octanol–water partition coefficient (Wildman–Crippen LogP) is 1.87. The van der Waals surface area contributed by atoms with Crippen molar-refractivity contribution in [3.05, 3.63) is 65.7 Å². The van der Waals surface area contributed by atoms with Crippen LogP contribution >= 0.6 is 0 Å². The minimum absolute atomic E-state index is 0.156. The maximum atomic E-state index is 12.9. The fourth-order valence-corrected chi connectivity index (χ4v) is 5.67. The molecule has 2 N–H and O–H groups in total. The lowest BCUT2D eigenvalue weighted by molar-refractivity contribution is -0.918. The van der Waals surface area contributed by atoms with Crippen LogP contribution in [0.4, 0.5) is 0 Å². The maximum Gasteiger partial charge on any atom is 0.251 e. The molecule has 1 fully saturated rings. The predicted molar refractivity (Wildman–Crippen MR) is 118 cm³/mol. The first kappa shape index (κ1) is 22.5. The zero-order valence-corrected chi connectivity index (χ0v) is 18.6. The van der Waals surface area contributed by atoms with Gasteiger partial charge in [0.05, 0.1) is 24.5 Å². The topological polar surface area (TPSA) is 70.9 Å². The van der Waals surface area contributed by atoms with Crippen LogP contribution in [0.2, 0.25) is 0 Å². The molecule has 2 aromatic carbocycles. The molecule has 1 aliphatic heterocycles. The monoisotopic (exact) mass is 430 g/mol. The molecule has 7 heteroatoms. The van der Waals surface area contributed by atoms with Crippen molar-refractivity contribution in [1.29, 1.82) is 0 Å². The van der Waals surface area contributed by atoms with Crippen LogP contribution in [0.1, 0.15) is 48.7 Å². The molecule has 1 heterocycles. The van der Waals surface area contributed by atoms with E-state index in [0.717, 1.165) is 13.1 Å². The number of nitrogens with one attached hydrogen (secondary N) is 2. The van der Waals surface area contributed by atoms with Crippen molar-refractivity contribution >= 4 is 15.9 Å². The summed E-state index contributed by atoms with van der Waals surface area (Å²) in [5, 5.41) is 3.04. The third-order valence-corrected chi connectivity index (χ3v) is 7.89. The van der Waals surface area contributed by atoms with E-state index in [2.05, 4.69) is 17.4 Å². The number of sulfonamides is 1. The molecule has 6 nitrogen and oxygen atoms in total. The van der Waals surface area contributed by atoms with Crippen LogP contribution in [0, 0.1) is 0 Å². The number of carbonyl (C=O) groups is 1. The summed E-state index contributed by atoms with van der Waals surface area (Å²) >= 11 is 0. The number of hydrogen-bond donors (Lipinski definition) is 2. The van der Waals surface area contributed by atoms with E-state index in [4.69, 9.17) is 0 Å². The summed E-state index contributed by atoms with van der Waals surface area (Å²) in [6.45, 7) is 7.13. The fourth-order valence-electron chi connectivity index (χ4n) is 4.17. The van der Waals surface area contributed by atoms with Crippen molar-refractivity contribution in [2.45, 2.75) is 37.6 Å². The highest BCUT2D eigenvalue weighted by Crippen LogP contribution is 2.17. The van der Waals surface area contributed by atoms with Gasteiger partial charge in [-0.2, -0.15) is 4.31 Å². The van der Waals surface area contributed by atoms with E-state index in [-0.39, 0.29) is 16.8 Å². The highest BCUT2D eigenvalue weighted by atomic mass is 32.2. The fraction of sp³-hybridized carbons (Fsp3) is 0.435. The quantitative estimate of drug-likeness (QED) is 0.638. The molecule has 162 valence electrons. The minimum atomic E-state index is -3.60. The highest BCUT2D eigenvalue weighted by molar-refractivity contribution is 7.89. The average molecular weight is 431 g/mol. The van der Waals surface area contributed by atoms with Gasteiger partial charge in [-0.05, 0) is 18.2 Å². The Hall–Kier alpha value is -2.22. The number of hydrogen-bond acceptors (Lipinski definition) is 3. The standard InChI is InChI=1S/C23H31N3O3S/c1-3-26(4-2)30(28,29)21-14-10-13-20(17-21)23(27)24-18-22(25-15-8-9-16-25)19-11-6-5-7-12-19/h5-7,10-14,17,22H,3-4,8-9,15-16,18H2,1-2H3,(H,24,27)/p+1/t22-/m1/s1. The van der Waals surface area contributed by atoms with Crippen LogP contribution in [0.25, 0.3) is 0 Å². The van der Waals surface area contributed by atoms with Crippen LogP contribution in [0.5, 0.6) is 0 Å². The molecule has 1 atom stereocenters. The number of quaternary nitrogens is 1. The highest BCUT2D eigenvalue weighted by Gasteiger charge is 2.28. The van der Waals surface area contributed by atoms with Crippen molar-refractivity contribution in [3.8, 4) is 0 Å². The first-order valence-electron chi connectivity index (χ1n) is 10.7. The molecule has 1 saturated heterocycles. The largest absolute Gasteiger partial charge is 0.346 e. The van der Waals surface area contributed by atoms with Gasteiger partial charge >= 0.3 is 0 Å². The molecular formula is C23H32N3O3S+. The van der Waals surface area contributed by atoms with Crippen molar-refractivity contribution in [2.24, 2.45) is 0 Å². The molecule has 1 aliphatic rings. The second kappa shape index (κ2) is 10.2. The van der Waals surface area contributed by atoms with E-state index in [1.807, 2.05) is 32.0 Å². The molecule has 0 radical (unpaired) electrons. The third kappa shape index (κ3) is 5.09. The number of carbonyl (C=O) groups excluding carboxylic acids is 1. The smallest absolute Gasteiger partial charge is 0.251 e. The van der Waals surface area contributed by atoms with Crippen LogP contribution in [-0.4, -0.2) is 51.4 Å². The Bertz CT molecular complexity index is 937. The molecule has 0 spiro atoms. The Morgan fingerprint density at radius 2 is 1.70 bits per heavy atom. The van der Waals surface area contributed by atoms with Crippen molar-refractivity contribution in [2.75, 3.05) is 32.7 Å². The summed E-state index contributed by atoms with van der Waals surface area (Å²) in [6, 6.07) is 16.8. The Balaban J connectivity index is 1.75. The van der Waals surface area contributed by atoms with Crippen molar-refractivity contribution < 1.29 is 18.1 Å². The van der Waals surface area contributed by atoms with Gasteiger partial charge in [0.15, 0.2) is 0 Å². The van der Waals surface area contributed by atoms with Gasteiger partial charge in [-0.25, -0.2) is 8.42 Å². The van der Waals surface area contributed by atoms with E-state index in [0.29, 0.717) is 25.2 Å². The molecular weight excluding hydrogens is 398 g/mol. The second-order valence-electron chi connectivity index (χ2n) is 7.66. The van der Waals surface area contributed by atoms with Gasteiger partial charge in [-0.15, -0.1) is 0 Å². The molecule has 1 amide bonds. The SMILES string of the molecule is CCN(CC)S(=O)(=O)c1cccc(C(=O)NC[C@H](c2ccccc2)[NH+]2CCCC2)c1. The summed E-state index contributed by atoms with van der Waals surface area (Å²) in [5.74, 6) is -0.244. The first-order chi connectivity index (χ1) is 14.5. The second-order valence-corrected chi connectivity index (χ2v) is 9.59. The zero-order valence-electron chi connectivity index (χ0n) is 17.8. The van der Waals surface area contributed by atoms with E-state index in [1.54, 1.807) is 18.2 Å². The Labute approximate surface area is 179 Å². The normalized spacial score (nSPS) is 16.0. The summed E-state index contributed by atoms with van der Waals surface area (Å²) in [4.78, 5) is 14.5. The number of amides is 1. The van der Waals surface area contributed by atoms with Crippen LogP contribution in [-0.2, 0) is 10.0 Å². The summed E-state index contributed by atoms with van der Waals surface area (Å²) in [6.07, 6.45) is 2.41. The molecule has 30 heavy (non-hydrogen) atoms. The summed E-state index contributed by atoms with van der Waals surface area (Å²) in [5.41, 5.74) is 1.58. The van der Waals surface area contributed by atoms with E-state index < -0.39 is 10.0 Å². The number of nitrogens with zero attached hydrogens (tertiary/aromatic N) is 1. The van der Waals surface area contributed by atoms with Gasteiger partial charge in [0, 0.05) is 37.1 Å². The lowest BCUT2D eigenvalue weighted by atomic mass is 10.1. The van der Waals surface area contributed by atoms with Crippen molar-refractivity contribution in [1.82, 2.24) is 9.62 Å². The van der Waals surface area contributed by atoms with Crippen LogP contribution < -0.4 is 10.2 Å². The molecule has 0 bridgehead atoms. The van der Waals surface area contributed by atoms with E-state index in [9.17, 15) is 13.2 Å². The molecule has 0 aromatic heterocycles. The molecule has 2 aromatic rings. The number of likely N-dealkylation sites (tertiary alicyclic amines) is 1. The summed E-state index contributed by atoms with van der Waals surface area (Å²) in [7, 11) is -3.60. The zero-order chi connectivity index (χ0) is 21.6. The van der Waals surface area contributed by atoms with Gasteiger partial charge in [0.2, 0.25) is 10.0 Å². The van der Waals surface area contributed by atoms with Gasteiger partial charge in [0.25, 0.3) is 5.91 Å². The Kier molecular flexibility index (Phi) is 7.64. The number of rotatable bonds is 9. The third-order valence-electron chi connectivity index (χ3n) is 5.85. The lowest BCUT2D eigenvalue weighted by Crippen LogP contribution is -3.11. The summed E-state index contributed by atoms with van der Waals surface area (Å²) < 4.78 is 27.0. The molecule has 0 aliphatic carbocycles. The van der Waals surface area contributed by atoms with Gasteiger partial charge in [0.1, 0.15) is 6.04 Å². The molecule has 0 saturated carbocycles. The van der Waals surface area contributed by atoms with Crippen LogP contribution in [0.15, 0.2) is 59.5 Å². The van der Waals surface area contributed by atoms with Gasteiger partial charge in [-0.1, -0.05) is 50.2 Å². The van der Waals surface area contributed by atoms with Crippen LogP contribution in [0.3, 0.4) is 0 Å². The maximum absolute atomic E-state index is 12.9. The molecule has 0 unspecified atom stereocenters. The van der Waals surface area contributed by atoms with Gasteiger partial charge < -0.3 is 10.2 Å². The van der Waals surface area contributed by atoms with E-state index >= 15 is 0 Å². The van der Waals surface area contributed by atoms with E-state index in [1.165, 1.54) is 33.7 Å². The Morgan fingerprint density at radius 1 is 1.03 bits per heavy atom.